The summed E-state index contributed by atoms with van der Waals surface area (Å²) in [5.41, 5.74) is 0.391. The summed E-state index contributed by atoms with van der Waals surface area (Å²) in [7, 11) is -3.49. The lowest BCUT2D eigenvalue weighted by atomic mass is 10.3. The molecule has 0 aliphatic heterocycles. The van der Waals surface area contributed by atoms with Crippen LogP contribution in [0.25, 0.3) is 0 Å². The largest absolute Gasteiger partial charge is 0.481 e. The van der Waals surface area contributed by atoms with Crippen LogP contribution in [-0.2, 0) is 21.4 Å². The Kier molecular flexibility index (Phi) is 4.50. The van der Waals surface area contributed by atoms with Crippen molar-refractivity contribution in [1.29, 1.82) is 0 Å². The van der Waals surface area contributed by atoms with E-state index in [1.54, 1.807) is 10.9 Å². The Balaban J connectivity index is 2.51. The van der Waals surface area contributed by atoms with Crippen LogP contribution in [-0.4, -0.2) is 35.0 Å². The van der Waals surface area contributed by atoms with Crippen LogP contribution in [0.2, 0.25) is 0 Å². The van der Waals surface area contributed by atoms with Crippen molar-refractivity contribution in [1.82, 2.24) is 9.78 Å². The van der Waals surface area contributed by atoms with Crippen molar-refractivity contribution in [2.75, 3.05) is 10.5 Å². The lowest BCUT2D eigenvalue weighted by Crippen LogP contribution is -2.17. The van der Waals surface area contributed by atoms with E-state index in [1.807, 2.05) is 6.92 Å². The van der Waals surface area contributed by atoms with Crippen LogP contribution in [0.5, 0.6) is 0 Å². The fourth-order valence-electron chi connectivity index (χ4n) is 1.23. The van der Waals surface area contributed by atoms with E-state index >= 15 is 0 Å². The molecule has 1 rings (SSSR count). The standard InChI is InChI=1S/C9H15N3O4S/c1-2-12-7-8(6-10-12)11-17(15,16)5-3-4-9(13)14/h6-7,11H,2-5H2,1H3,(H,13,14). The first kappa shape index (κ1) is 13.5. The molecule has 0 spiro atoms. The third-order valence-electron chi connectivity index (χ3n) is 2.03. The van der Waals surface area contributed by atoms with E-state index in [9.17, 15) is 13.2 Å². The molecule has 0 saturated carbocycles. The van der Waals surface area contributed by atoms with Crippen molar-refractivity contribution in [2.45, 2.75) is 26.3 Å². The number of carboxylic acids is 1. The molecule has 0 fully saturated rings. The molecule has 0 saturated heterocycles. The number of aromatic nitrogens is 2. The zero-order valence-corrected chi connectivity index (χ0v) is 10.3. The second-order valence-corrected chi connectivity index (χ2v) is 5.34. The molecule has 17 heavy (non-hydrogen) atoms. The van der Waals surface area contributed by atoms with Crippen LogP contribution in [0.1, 0.15) is 19.8 Å². The minimum Gasteiger partial charge on any atom is -0.481 e. The molecule has 1 aromatic rings. The van der Waals surface area contributed by atoms with Crippen LogP contribution < -0.4 is 4.72 Å². The summed E-state index contributed by atoms with van der Waals surface area (Å²) >= 11 is 0. The third-order valence-corrected chi connectivity index (χ3v) is 3.41. The number of carboxylic acid groups (broad SMARTS) is 1. The molecule has 7 nitrogen and oxygen atoms in total. The predicted molar refractivity (Wildman–Crippen MR) is 62.2 cm³/mol. The van der Waals surface area contributed by atoms with E-state index in [0.717, 1.165) is 0 Å². The minimum absolute atomic E-state index is 0.0899. The maximum Gasteiger partial charge on any atom is 0.303 e. The molecular formula is C9H15N3O4S. The number of nitrogens with one attached hydrogen (secondary N) is 1. The molecule has 8 heteroatoms. The Morgan fingerprint density at radius 1 is 1.59 bits per heavy atom. The topological polar surface area (TPSA) is 101 Å². The summed E-state index contributed by atoms with van der Waals surface area (Å²) < 4.78 is 27.0. The third kappa shape index (κ3) is 4.85. The second-order valence-electron chi connectivity index (χ2n) is 3.50. The van der Waals surface area contributed by atoms with Gasteiger partial charge in [-0.3, -0.25) is 14.2 Å². The highest BCUT2D eigenvalue weighted by atomic mass is 32.2. The zero-order valence-electron chi connectivity index (χ0n) is 9.46. The van der Waals surface area contributed by atoms with E-state index < -0.39 is 16.0 Å². The van der Waals surface area contributed by atoms with Gasteiger partial charge in [0, 0.05) is 19.2 Å². The summed E-state index contributed by atoms with van der Waals surface area (Å²) in [5, 5.41) is 12.3. The summed E-state index contributed by atoms with van der Waals surface area (Å²) in [4.78, 5) is 10.3. The van der Waals surface area contributed by atoms with Crippen LogP contribution in [0.3, 0.4) is 0 Å². The smallest absolute Gasteiger partial charge is 0.303 e. The number of carbonyl (C=O) groups is 1. The van der Waals surface area contributed by atoms with Gasteiger partial charge in [-0.05, 0) is 13.3 Å². The number of anilines is 1. The average Bonchev–Trinajstić information content (AvgIpc) is 2.63. The molecule has 0 radical (unpaired) electrons. The Morgan fingerprint density at radius 3 is 2.82 bits per heavy atom. The summed E-state index contributed by atoms with van der Waals surface area (Å²) in [6.45, 7) is 2.54. The van der Waals surface area contributed by atoms with Gasteiger partial charge in [-0.25, -0.2) is 8.42 Å². The lowest BCUT2D eigenvalue weighted by molar-refractivity contribution is -0.137. The molecule has 0 amide bonds. The van der Waals surface area contributed by atoms with Gasteiger partial charge >= 0.3 is 5.97 Å². The van der Waals surface area contributed by atoms with Gasteiger partial charge in [-0.1, -0.05) is 0 Å². The van der Waals surface area contributed by atoms with E-state index in [-0.39, 0.29) is 18.6 Å². The van der Waals surface area contributed by atoms with E-state index in [2.05, 4.69) is 9.82 Å². The number of rotatable bonds is 7. The normalized spacial score (nSPS) is 11.4. The first-order chi connectivity index (χ1) is 7.93. The van der Waals surface area contributed by atoms with Gasteiger partial charge in [0.15, 0.2) is 0 Å². The number of aliphatic carboxylic acids is 1. The van der Waals surface area contributed by atoms with Crippen LogP contribution >= 0.6 is 0 Å². The monoisotopic (exact) mass is 261 g/mol. The lowest BCUT2D eigenvalue weighted by Gasteiger charge is -2.04. The summed E-state index contributed by atoms with van der Waals surface area (Å²) in [6.07, 6.45) is 2.93. The SMILES string of the molecule is CCn1cc(NS(=O)(=O)CCCC(=O)O)cn1. The Hall–Kier alpha value is -1.57. The van der Waals surface area contributed by atoms with Gasteiger partial charge in [0.25, 0.3) is 0 Å². The quantitative estimate of drug-likeness (QED) is 0.744. The highest BCUT2D eigenvalue weighted by molar-refractivity contribution is 7.92. The van der Waals surface area contributed by atoms with Gasteiger partial charge in [0.05, 0.1) is 17.6 Å². The van der Waals surface area contributed by atoms with Crippen molar-refractivity contribution < 1.29 is 18.3 Å². The molecule has 0 atom stereocenters. The molecule has 0 aromatic carbocycles. The number of aryl methyl sites for hydroxylation is 1. The first-order valence-corrected chi connectivity index (χ1v) is 6.83. The van der Waals surface area contributed by atoms with Gasteiger partial charge in [-0.15, -0.1) is 0 Å². The van der Waals surface area contributed by atoms with Crippen molar-refractivity contribution in [3.63, 3.8) is 0 Å². The van der Waals surface area contributed by atoms with Crippen LogP contribution in [0.15, 0.2) is 12.4 Å². The van der Waals surface area contributed by atoms with Crippen molar-refractivity contribution in [3.8, 4) is 0 Å². The minimum atomic E-state index is -3.49. The Morgan fingerprint density at radius 2 is 2.29 bits per heavy atom. The molecule has 96 valence electrons. The van der Waals surface area contributed by atoms with Crippen molar-refractivity contribution >= 4 is 21.7 Å². The number of hydrogen-bond donors (Lipinski definition) is 2. The van der Waals surface area contributed by atoms with Gasteiger partial charge in [0.2, 0.25) is 10.0 Å². The zero-order chi connectivity index (χ0) is 12.9. The maximum atomic E-state index is 11.5. The molecule has 0 aliphatic rings. The molecule has 0 unspecified atom stereocenters. The second kappa shape index (κ2) is 5.67. The number of nitrogens with zero attached hydrogens (tertiary/aromatic N) is 2. The maximum absolute atomic E-state index is 11.5. The molecular weight excluding hydrogens is 246 g/mol. The number of sulfonamides is 1. The fraction of sp³-hybridized carbons (Fsp3) is 0.556. The number of hydrogen-bond acceptors (Lipinski definition) is 4. The van der Waals surface area contributed by atoms with Crippen molar-refractivity contribution in [2.24, 2.45) is 0 Å². The van der Waals surface area contributed by atoms with Gasteiger partial charge in [-0.2, -0.15) is 5.10 Å². The molecule has 1 aromatic heterocycles. The highest BCUT2D eigenvalue weighted by Gasteiger charge is 2.12. The van der Waals surface area contributed by atoms with E-state index in [4.69, 9.17) is 5.11 Å². The summed E-state index contributed by atoms with van der Waals surface area (Å²) in [6, 6.07) is 0. The Labute approximate surface area is 99.5 Å². The predicted octanol–water partition coefficient (Wildman–Crippen LogP) is 0.509. The van der Waals surface area contributed by atoms with Crippen LogP contribution in [0, 0.1) is 0 Å². The average molecular weight is 261 g/mol. The van der Waals surface area contributed by atoms with Gasteiger partial charge < -0.3 is 5.11 Å². The molecule has 1 heterocycles. The van der Waals surface area contributed by atoms with Crippen molar-refractivity contribution in [3.05, 3.63) is 12.4 Å². The molecule has 0 aliphatic carbocycles. The van der Waals surface area contributed by atoms with E-state index in [1.165, 1.54) is 6.20 Å². The fourth-order valence-corrected chi connectivity index (χ4v) is 2.32. The first-order valence-electron chi connectivity index (χ1n) is 5.17. The highest BCUT2D eigenvalue weighted by Crippen LogP contribution is 2.08. The van der Waals surface area contributed by atoms with Crippen LogP contribution in [0.4, 0.5) is 5.69 Å². The molecule has 2 N–H and O–H groups in total. The van der Waals surface area contributed by atoms with E-state index in [0.29, 0.717) is 12.2 Å². The molecule has 0 bridgehead atoms. The Bertz CT molecular complexity index is 480. The van der Waals surface area contributed by atoms with Gasteiger partial charge in [0.1, 0.15) is 0 Å². The summed E-state index contributed by atoms with van der Waals surface area (Å²) in [5.74, 6) is -1.21.